The maximum absolute atomic E-state index is 9.83. The van der Waals surface area contributed by atoms with E-state index in [0.717, 1.165) is 12.8 Å². The molecule has 0 saturated heterocycles. The molecule has 0 saturated carbocycles. The summed E-state index contributed by atoms with van der Waals surface area (Å²) in [5, 5.41) is 9.83. The summed E-state index contributed by atoms with van der Waals surface area (Å²) in [6.45, 7) is 8.91. The minimum absolute atomic E-state index is 0.250. The Balaban J connectivity index is 2.05. The van der Waals surface area contributed by atoms with Crippen LogP contribution in [0.1, 0.15) is 47.1 Å². The van der Waals surface area contributed by atoms with E-state index in [0.29, 0.717) is 11.8 Å². The van der Waals surface area contributed by atoms with Crippen LogP contribution in [-0.4, -0.2) is 11.7 Å². The van der Waals surface area contributed by atoms with Crippen LogP contribution in [0.25, 0.3) is 0 Å². The molecule has 2 aromatic carbocycles. The van der Waals surface area contributed by atoms with Gasteiger partial charge in [0, 0.05) is 6.61 Å². The van der Waals surface area contributed by atoms with Gasteiger partial charge >= 0.3 is 0 Å². The largest absolute Gasteiger partial charge is 0.396 e. The molecule has 0 bridgehead atoms. The molecular weight excluding hydrogens is 268 g/mol. The number of rotatable bonds is 6. The third-order valence-corrected chi connectivity index (χ3v) is 4.78. The number of aliphatic hydroxyl groups excluding tert-OH is 1. The summed E-state index contributed by atoms with van der Waals surface area (Å²) >= 11 is 0. The molecule has 0 aliphatic heterocycles. The van der Waals surface area contributed by atoms with Gasteiger partial charge in [0.05, 0.1) is 0 Å². The number of hydrogen-bond donors (Lipinski definition) is 1. The Labute approximate surface area is 135 Å². The highest BCUT2D eigenvalue weighted by Gasteiger charge is 2.19. The predicted octanol–water partition coefficient (Wildman–Crippen LogP) is 4.96. The third kappa shape index (κ3) is 4.20. The van der Waals surface area contributed by atoms with Crippen LogP contribution in [0.5, 0.6) is 0 Å². The molecular formula is C21H28O. The Morgan fingerprint density at radius 3 is 2.14 bits per heavy atom. The van der Waals surface area contributed by atoms with E-state index in [2.05, 4.69) is 70.2 Å². The quantitative estimate of drug-likeness (QED) is 0.799. The fourth-order valence-corrected chi connectivity index (χ4v) is 3.20. The Kier molecular flexibility index (Phi) is 5.79. The molecule has 118 valence electrons. The van der Waals surface area contributed by atoms with E-state index in [4.69, 9.17) is 0 Å². The molecule has 1 heteroatoms. The lowest BCUT2D eigenvalue weighted by molar-refractivity contribution is 0.200. The van der Waals surface area contributed by atoms with Crippen LogP contribution < -0.4 is 0 Å². The normalized spacial score (nSPS) is 13.9. The van der Waals surface area contributed by atoms with Gasteiger partial charge in [-0.25, -0.2) is 0 Å². The molecule has 0 aliphatic carbocycles. The summed E-state index contributed by atoms with van der Waals surface area (Å²) in [6.07, 6.45) is 2.05. The van der Waals surface area contributed by atoms with E-state index in [1.54, 1.807) is 0 Å². The topological polar surface area (TPSA) is 20.2 Å². The average molecular weight is 296 g/mol. The van der Waals surface area contributed by atoms with Crippen molar-refractivity contribution < 1.29 is 5.11 Å². The third-order valence-electron chi connectivity index (χ3n) is 4.78. The molecule has 2 atom stereocenters. The summed E-state index contributed by atoms with van der Waals surface area (Å²) < 4.78 is 0. The Bertz CT molecular complexity index is 598. The van der Waals surface area contributed by atoms with Crippen molar-refractivity contribution in [3.63, 3.8) is 0 Å². The van der Waals surface area contributed by atoms with Crippen LogP contribution in [0.15, 0.2) is 42.5 Å². The smallest absolute Gasteiger partial charge is 0.0465 e. The predicted molar refractivity (Wildman–Crippen MR) is 94.4 cm³/mol. The van der Waals surface area contributed by atoms with Crippen LogP contribution in [0.4, 0.5) is 0 Å². The number of hydrogen-bond acceptors (Lipinski definition) is 1. The van der Waals surface area contributed by atoms with Gasteiger partial charge < -0.3 is 5.11 Å². The Morgan fingerprint density at radius 2 is 1.55 bits per heavy atom. The first-order valence-corrected chi connectivity index (χ1v) is 8.25. The van der Waals surface area contributed by atoms with Crippen molar-refractivity contribution >= 4 is 0 Å². The minimum atomic E-state index is 0.250. The van der Waals surface area contributed by atoms with E-state index in [-0.39, 0.29) is 6.61 Å². The molecule has 2 rings (SSSR count). The number of benzene rings is 2. The zero-order valence-electron chi connectivity index (χ0n) is 14.3. The van der Waals surface area contributed by atoms with Gasteiger partial charge in [0.2, 0.25) is 0 Å². The highest BCUT2D eigenvalue weighted by Crippen LogP contribution is 2.30. The molecule has 22 heavy (non-hydrogen) atoms. The van der Waals surface area contributed by atoms with Gasteiger partial charge in [-0.15, -0.1) is 0 Å². The minimum Gasteiger partial charge on any atom is -0.396 e. The van der Waals surface area contributed by atoms with E-state index >= 15 is 0 Å². The van der Waals surface area contributed by atoms with E-state index < -0.39 is 0 Å². The zero-order valence-corrected chi connectivity index (χ0v) is 14.3. The molecule has 0 fully saturated rings. The molecule has 2 aromatic rings. The maximum Gasteiger partial charge on any atom is 0.0465 e. The average Bonchev–Trinajstić information content (AvgIpc) is 2.49. The van der Waals surface area contributed by atoms with E-state index in [1.807, 2.05) is 0 Å². The molecule has 1 nitrogen and oxygen atoms in total. The van der Waals surface area contributed by atoms with Crippen molar-refractivity contribution in [2.75, 3.05) is 6.61 Å². The molecule has 0 heterocycles. The van der Waals surface area contributed by atoms with E-state index in [1.165, 1.54) is 27.8 Å². The first-order valence-electron chi connectivity index (χ1n) is 8.25. The fourth-order valence-electron chi connectivity index (χ4n) is 3.20. The molecule has 1 N–H and O–H groups in total. The van der Waals surface area contributed by atoms with Crippen LogP contribution in [-0.2, 0) is 6.42 Å². The molecule has 2 unspecified atom stereocenters. The highest BCUT2D eigenvalue weighted by atomic mass is 16.3. The van der Waals surface area contributed by atoms with Gasteiger partial charge in [0.1, 0.15) is 0 Å². The van der Waals surface area contributed by atoms with Gasteiger partial charge in [-0.3, -0.25) is 0 Å². The Hall–Kier alpha value is -1.60. The number of aliphatic hydroxyl groups is 1. The summed E-state index contributed by atoms with van der Waals surface area (Å²) in [7, 11) is 0. The molecule has 0 amide bonds. The van der Waals surface area contributed by atoms with Crippen molar-refractivity contribution in [1.29, 1.82) is 0 Å². The van der Waals surface area contributed by atoms with Crippen LogP contribution in [0.2, 0.25) is 0 Å². The fraction of sp³-hybridized carbons (Fsp3) is 0.429. The Morgan fingerprint density at radius 1 is 0.909 bits per heavy atom. The van der Waals surface area contributed by atoms with Crippen molar-refractivity contribution in [3.8, 4) is 0 Å². The monoisotopic (exact) mass is 296 g/mol. The second-order valence-electron chi connectivity index (χ2n) is 6.62. The lowest BCUT2D eigenvalue weighted by Crippen LogP contribution is -2.16. The van der Waals surface area contributed by atoms with E-state index in [9.17, 15) is 5.11 Å². The lowest BCUT2D eigenvalue weighted by Gasteiger charge is -2.24. The number of aryl methyl sites for hydroxylation is 4. The van der Waals surface area contributed by atoms with Gasteiger partial charge in [0.25, 0.3) is 0 Å². The SMILES string of the molecule is Cc1ccc(CCC(CO)C(C)c2ccc(C)cc2C)cc1. The summed E-state index contributed by atoms with van der Waals surface area (Å²) in [5.74, 6) is 0.693. The zero-order chi connectivity index (χ0) is 16.1. The van der Waals surface area contributed by atoms with Crippen molar-refractivity contribution in [2.24, 2.45) is 5.92 Å². The summed E-state index contributed by atoms with van der Waals surface area (Å²) in [6, 6.07) is 15.4. The first kappa shape index (κ1) is 16.8. The van der Waals surface area contributed by atoms with Crippen LogP contribution in [0, 0.1) is 26.7 Å². The second kappa shape index (κ2) is 7.60. The van der Waals surface area contributed by atoms with Gasteiger partial charge in [0.15, 0.2) is 0 Å². The highest BCUT2D eigenvalue weighted by molar-refractivity contribution is 5.33. The first-order chi connectivity index (χ1) is 10.5. The van der Waals surface area contributed by atoms with Crippen LogP contribution >= 0.6 is 0 Å². The van der Waals surface area contributed by atoms with Crippen LogP contribution in [0.3, 0.4) is 0 Å². The maximum atomic E-state index is 9.83. The van der Waals surface area contributed by atoms with Gasteiger partial charge in [-0.1, -0.05) is 60.5 Å². The molecule has 0 radical (unpaired) electrons. The van der Waals surface area contributed by atoms with Crippen molar-refractivity contribution in [2.45, 2.75) is 46.5 Å². The van der Waals surface area contributed by atoms with Gasteiger partial charge in [-0.2, -0.15) is 0 Å². The summed E-state index contributed by atoms with van der Waals surface area (Å²) in [4.78, 5) is 0. The lowest BCUT2D eigenvalue weighted by atomic mass is 9.82. The van der Waals surface area contributed by atoms with Gasteiger partial charge in [-0.05, 0) is 62.1 Å². The van der Waals surface area contributed by atoms with Crippen molar-refractivity contribution in [1.82, 2.24) is 0 Å². The standard InChI is InChI=1S/C21H28O/c1-15-5-8-19(9-6-15)10-11-20(14-22)18(4)21-12-7-16(2)13-17(21)3/h5-9,12-13,18,20,22H,10-11,14H2,1-4H3. The molecule has 0 aliphatic rings. The second-order valence-corrected chi connectivity index (χ2v) is 6.62. The molecule has 0 aromatic heterocycles. The molecule has 0 spiro atoms. The summed E-state index contributed by atoms with van der Waals surface area (Å²) in [5.41, 5.74) is 6.66. The van der Waals surface area contributed by atoms with Crippen molar-refractivity contribution in [3.05, 3.63) is 70.3 Å².